The predicted octanol–water partition coefficient (Wildman–Crippen LogP) is 3.09. The molecule has 0 aliphatic heterocycles. The van der Waals surface area contributed by atoms with E-state index >= 15 is 0 Å². The Balaban J connectivity index is 1.72. The van der Waals surface area contributed by atoms with Gasteiger partial charge in [0.15, 0.2) is 0 Å². The Bertz CT molecular complexity index is 698. The normalized spacial score (nSPS) is 14.6. The average Bonchev–Trinajstić information content (AvgIpc) is 3.37. The van der Waals surface area contributed by atoms with Gasteiger partial charge in [0.05, 0.1) is 12.0 Å². The predicted molar refractivity (Wildman–Crippen MR) is 80.1 cm³/mol. The Morgan fingerprint density at radius 2 is 1.86 bits per heavy atom. The molecule has 0 saturated heterocycles. The molecule has 102 valence electrons. The Hall–Kier alpha value is -2.65. The number of hydrogen-bond acceptors (Lipinski definition) is 3. The number of aromatic nitrogens is 2. The molecule has 1 heterocycles. The van der Waals surface area contributed by atoms with E-state index in [0.717, 1.165) is 16.7 Å². The fourth-order valence-corrected chi connectivity index (χ4v) is 2.12. The quantitative estimate of drug-likeness (QED) is 0.807. The first-order chi connectivity index (χ1) is 10.3. The van der Waals surface area contributed by atoms with Gasteiger partial charge in [-0.15, -0.1) is 0 Å². The summed E-state index contributed by atoms with van der Waals surface area (Å²) in [5.74, 6) is 6.86. The minimum atomic E-state index is -0.179. The van der Waals surface area contributed by atoms with Crippen LogP contribution in [-0.4, -0.2) is 9.97 Å². The maximum Gasteiger partial charge on any atom is 0.115 e. The van der Waals surface area contributed by atoms with Gasteiger partial charge in [0.2, 0.25) is 0 Å². The fraction of sp³-hybridized carbons (Fsp3) is 0.278. The van der Waals surface area contributed by atoms with E-state index in [4.69, 9.17) is 0 Å². The fourth-order valence-electron chi connectivity index (χ4n) is 2.12. The van der Waals surface area contributed by atoms with Crippen molar-refractivity contribution in [2.45, 2.75) is 25.2 Å². The second-order valence-electron chi connectivity index (χ2n) is 5.30. The highest BCUT2D eigenvalue weighted by Crippen LogP contribution is 2.27. The van der Waals surface area contributed by atoms with Gasteiger partial charge < -0.3 is 0 Å². The molecule has 3 heteroatoms. The molecule has 3 nitrogen and oxygen atoms in total. The van der Waals surface area contributed by atoms with E-state index in [1.807, 2.05) is 24.3 Å². The molecule has 0 bridgehead atoms. The highest BCUT2D eigenvalue weighted by Gasteiger charge is 2.17. The first-order valence-corrected chi connectivity index (χ1v) is 7.10. The summed E-state index contributed by atoms with van der Waals surface area (Å²) >= 11 is 0. The maximum absolute atomic E-state index is 9.38. The smallest absolute Gasteiger partial charge is 0.115 e. The molecule has 0 spiro atoms. The molecule has 2 aromatic rings. The van der Waals surface area contributed by atoms with Crippen LogP contribution < -0.4 is 0 Å². The topological polar surface area (TPSA) is 49.6 Å². The van der Waals surface area contributed by atoms with E-state index in [9.17, 15) is 5.26 Å². The summed E-state index contributed by atoms with van der Waals surface area (Å²) in [5.41, 5.74) is 3.00. The third-order valence-electron chi connectivity index (χ3n) is 3.52. The van der Waals surface area contributed by atoms with E-state index in [1.54, 1.807) is 12.4 Å². The number of nitrogens with zero attached hydrogens (tertiary/aromatic N) is 3. The minimum Gasteiger partial charge on any atom is -0.245 e. The van der Waals surface area contributed by atoms with Crippen molar-refractivity contribution in [3.63, 3.8) is 0 Å². The van der Waals surface area contributed by atoms with Crippen LogP contribution in [0.4, 0.5) is 0 Å². The number of nitriles is 1. The van der Waals surface area contributed by atoms with E-state index < -0.39 is 0 Å². The van der Waals surface area contributed by atoms with Crippen molar-refractivity contribution in [3.8, 4) is 17.9 Å². The zero-order chi connectivity index (χ0) is 14.5. The van der Waals surface area contributed by atoms with Crippen LogP contribution >= 0.6 is 0 Å². The van der Waals surface area contributed by atoms with Crippen molar-refractivity contribution in [1.29, 1.82) is 5.26 Å². The van der Waals surface area contributed by atoms with Crippen molar-refractivity contribution in [1.82, 2.24) is 9.97 Å². The molecule has 1 aliphatic rings. The molecule has 3 rings (SSSR count). The summed E-state index contributed by atoms with van der Waals surface area (Å²) in [6, 6.07) is 10.3. The second kappa shape index (κ2) is 6.20. The molecule has 21 heavy (non-hydrogen) atoms. The molecule has 1 fully saturated rings. The first-order valence-electron chi connectivity index (χ1n) is 7.10. The Labute approximate surface area is 124 Å². The lowest BCUT2D eigenvalue weighted by Gasteiger charge is -2.09. The molecule has 1 atom stereocenters. The number of hydrogen-bond donors (Lipinski definition) is 0. The van der Waals surface area contributed by atoms with Crippen LogP contribution in [0.3, 0.4) is 0 Å². The number of benzene rings is 1. The van der Waals surface area contributed by atoms with Gasteiger partial charge in [-0.05, 0) is 42.5 Å². The van der Waals surface area contributed by atoms with Gasteiger partial charge in [-0.25, -0.2) is 9.97 Å². The summed E-state index contributed by atoms with van der Waals surface area (Å²) in [4.78, 5) is 7.98. The Kier molecular flexibility index (Phi) is 3.94. The Morgan fingerprint density at radius 3 is 2.48 bits per heavy atom. The van der Waals surface area contributed by atoms with Crippen LogP contribution in [0.5, 0.6) is 0 Å². The number of rotatable bonds is 3. The highest BCUT2D eigenvalue weighted by atomic mass is 14.8. The summed E-state index contributed by atoms with van der Waals surface area (Å²) in [6.07, 6.45) is 8.11. The molecular formula is C18H15N3. The van der Waals surface area contributed by atoms with Crippen LogP contribution in [0.1, 0.15) is 35.4 Å². The van der Waals surface area contributed by atoms with Crippen LogP contribution in [0.2, 0.25) is 0 Å². The molecule has 0 amide bonds. The van der Waals surface area contributed by atoms with Crippen LogP contribution in [0.25, 0.3) is 0 Å². The molecule has 1 unspecified atom stereocenters. The van der Waals surface area contributed by atoms with Crippen LogP contribution in [-0.2, 0) is 6.42 Å². The monoisotopic (exact) mass is 273 g/mol. The van der Waals surface area contributed by atoms with Gasteiger partial charge in [-0.3, -0.25) is 0 Å². The lowest BCUT2D eigenvalue weighted by atomic mass is 9.94. The lowest BCUT2D eigenvalue weighted by Crippen LogP contribution is -2.01. The van der Waals surface area contributed by atoms with Crippen LogP contribution in [0, 0.1) is 29.1 Å². The molecule has 1 aromatic carbocycles. The van der Waals surface area contributed by atoms with Crippen molar-refractivity contribution in [2.75, 3.05) is 0 Å². The van der Waals surface area contributed by atoms with Crippen molar-refractivity contribution in [2.24, 2.45) is 5.92 Å². The van der Waals surface area contributed by atoms with Crippen molar-refractivity contribution in [3.05, 3.63) is 59.7 Å². The highest BCUT2D eigenvalue weighted by molar-refractivity contribution is 5.39. The van der Waals surface area contributed by atoms with E-state index in [1.165, 1.54) is 19.2 Å². The van der Waals surface area contributed by atoms with Gasteiger partial charge in [-0.1, -0.05) is 24.0 Å². The van der Waals surface area contributed by atoms with E-state index in [0.29, 0.717) is 12.3 Å². The zero-order valence-corrected chi connectivity index (χ0v) is 11.7. The van der Waals surface area contributed by atoms with Gasteiger partial charge in [-0.2, -0.15) is 5.26 Å². The molecule has 1 saturated carbocycles. The van der Waals surface area contributed by atoms with E-state index in [-0.39, 0.29) is 5.92 Å². The van der Waals surface area contributed by atoms with Gasteiger partial charge in [0, 0.05) is 23.9 Å². The molecule has 1 aromatic heterocycles. The van der Waals surface area contributed by atoms with E-state index in [2.05, 4.69) is 27.9 Å². The summed E-state index contributed by atoms with van der Waals surface area (Å²) < 4.78 is 0. The van der Waals surface area contributed by atoms with Crippen LogP contribution in [0.15, 0.2) is 43.0 Å². The molecule has 0 radical (unpaired) electrons. The standard InChI is InChI=1S/C18H15N3/c19-10-18(9-16-11-20-13-21-12-16)17-7-5-15(6-8-17)4-3-14-1-2-14/h5-8,11-14,18H,1-2,9H2. The second-order valence-corrected chi connectivity index (χ2v) is 5.30. The zero-order valence-electron chi connectivity index (χ0n) is 11.7. The molecule has 0 N–H and O–H groups in total. The SMILES string of the molecule is N#CC(Cc1cncnc1)c1ccc(C#CC2CC2)cc1. The van der Waals surface area contributed by atoms with Crippen molar-refractivity contribution < 1.29 is 0 Å². The first kappa shape index (κ1) is 13.3. The van der Waals surface area contributed by atoms with Gasteiger partial charge in [0.1, 0.15) is 6.33 Å². The summed E-state index contributed by atoms with van der Waals surface area (Å²) in [7, 11) is 0. The largest absolute Gasteiger partial charge is 0.245 e. The third-order valence-corrected chi connectivity index (χ3v) is 3.52. The van der Waals surface area contributed by atoms with Gasteiger partial charge >= 0.3 is 0 Å². The average molecular weight is 273 g/mol. The minimum absolute atomic E-state index is 0.179. The lowest BCUT2D eigenvalue weighted by molar-refractivity contribution is 0.836. The third kappa shape index (κ3) is 3.68. The molecular weight excluding hydrogens is 258 g/mol. The maximum atomic E-state index is 9.38. The van der Waals surface area contributed by atoms with Crippen molar-refractivity contribution >= 4 is 0 Å². The Morgan fingerprint density at radius 1 is 1.14 bits per heavy atom. The molecule has 1 aliphatic carbocycles. The summed E-state index contributed by atoms with van der Waals surface area (Å²) in [5, 5.41) is 9.38. The van der Waals surface area contributed by atoms with Gasteiger partial charge in [0.25, 0.3) is 0 Å². The summed E-state index contributed by atoms with van der Waals surface area (Å²) in [6.45, 7) is 0.